The first kappa shape index (κ1) is 17.4. The number of carbonyl (C=O) groups excluding carboxylic acids is 2. The molecule has 1 aromatic rings. The molecular weight excluding hydrogens is 334 g/mol. The first-order valence-electron chi connectivity index (χ1n) is 9.50. The number of aromatic nitrogens is 1. The second-order valence-electron chi connectivity index (χ2n) is 7.16. The van der Waals surface area contributed by atoms with E-state index in [0.29, 0.717) is 50.5 Å². The summed E-state index contributed by atoms with van der Waals surface area (Å²) in [5.41, 5.74) is 0.686. The van der Waals surface area contributed by atoms with Crippen molar-refractivity contribution in [1.29, 1.82) is 0 Å². The van der Waals surface area contributed by atoms with E-state index in [-0.39, 0.29) is 11.8 Å². The number of likely N-dealkylation sites (tertiary alicyclic amines) is 2. The van der Waals surface area contributed by atoms with E-state index >= 15 is 0 Å². The van der Waals surface area contributed by atoms with Crippen molar-refractivity contribution < 1.29 is 19.1 Å². The van der Waals surface area contributed by atoms with E-state index in [1.807, 2.05) is 4.90 Å². The van der Waals surface area contributed by atoms with Crippen molar-refractivity contribution in [3.63, 3.8) is 0 Å². The molecule has 0 aromatic carbocycles. The maximum absolute atomic E-state index is 12.8. The third kappa shape index (κ3) is 3.46. The van der Waals surface area contributed by atoms with Gasteiger partial charge in [0.2, 0.25) is 0 Å². The first-order chi connectivity index (χ1) is 12.7. The number of nitrogens with zero attached hydrogens (tertiary/aromatic N) is 3. The van der Waals surface area contributed by atoms with Crippen molar-refractivity contribution in [2.45, 2.75) is 37.9 Å². The molecule has 7 heteroatoms. The normalized spacial score (nSPS) is 22.6. The lowest BCUT2D eigenvalue weighted by Crippen LogP contribution is -2.47. The van der Waals surface area contributed by atoms with Gasteiger partial charge in [-0.15, -0.1) is 0 Å². The molecule has 0 radical (unpaired) electrons. The van der Waals surface area contributed by atoms with Gasteiger partial charge in [0.25, 0.3) is 11.8 Å². The van der Waals surface area contributed by atoms with Gasteiger partial charge in [0, 0.05) is 39.0 Å². The molecule has 0 aliphatic carbocycles. The third-order valence-corrected chi connectivity index (χ3v) is 5.46. The number of carbonyl (C=O) groups is 2. The van der Waals surface area contributed by atoms with Crippen molar-refractivity contribution in [2.75, 3.05) is 39.4 Å². The van der Waals surface area contributed by atoms with E-state index in [9.17, 15) is 9.59 Å². The number of pyridine rings is 1. The highest BCUT2D eigenvalue weighted by molar-refractivity contribution is 5.96. The Morgan fingerprint density at radius 3 is 1.96 bits per heavy atom. The molecule has 2 amide bonds. The van der Waals surface area contributed by atoms with Crippen LogP contribution >= 0.6 is 0 Å². The van der Waals surface area contributed by atoms with Crippen molar-refractivity contribution in [1.82, 2.24) is 14.8 Å². The Labute approximate surface area is 153 Å². The standard InChI is InChI=1S/C19H25N3O4/c23-17(21-9-2-1-3-10-21)15-5-4-6-16(20-15)18(24)22-11-7-19(8-12-22)25-13-14-26-19/h4-6H,1-3,7-14H2. The zero-order chi connectivity index (χ0) is 18.0. The van der Waals surface area contributed by atoms with Crippen LogP contribution in [0.4, 0.5) is 0 Å². The van der Waals surface area contributed by atoms with Crippen LogP contribution in [0.25, 0.3) is 0 Å². The lowest BCUT2D eigenvalue weighted by Gasteiger charge is -2.37. The Balaban J connectivity index is 1.42. The van der Waals surface area contributed by atoms with Crippen molar-refractivity contribution in [3.05, 3.63) is 29.6 Å². The maximum atomic E-state index is 12.8. The molecule has 7 nitrogen and oxygen atoms in total. The zero-order valence-electron chi connectivity index (χ0n) is 15.0. The molecule has 4 rings (SSSR count). The van der Waals surface area contributed by atoms with E-state index < -0.39 is 5.79 Å². The van der Waals surface area contributed by atoms with Crippen LogP contribution in [0.15, 0.2) is 18.2 Å². The van der Waals surface area contributed by atoms with Gasteiger partial charge in [-0.05, 0) is 31.4 Å². The van der Waals surface area contributed by atoms with Crippen LogP contribution < -0.4 is 0 Å². The highest BCUT2D eigenvalue weighted by Gasteiger charge is 2.41. The third-order valence-electron chi connectivity index (χ3n) is 5.46. The monoisotopic (exact) mass is 359 g/mol. The molecule has 1 aromatic heterocycles. The molecule has 26 heavy (non-hydrogen) atoms. The van der Waals surface area contributed by atoms with E-state index in [1.165, 1.54) is 6.42 Å². The summed E-state index contributed by atoms with van der Waals surface area (Å²) in [5.74, 6) is -0.716. The Bertz CT molecular complexity index is 671. The van der Waals surface area contributed by atoms with E-state index in [4.69, 9.17) is 9.47 Å². The van der Waals surface area contributed by atoms with Gasteiger partial charge in [0.05, 0.1) is 13.2 Å². The molecule has 0 N–H and O–H groups in total. The molecule has 3 saturated heterocycles. The topological polar surface area (TPSA) is 72.0 Å². The Morgan fingerprint density at radius 1 is 0.846 bits per heavy atom. The second-order valence-corrected chi connectivity index (χ2v) is 7.16. The summed E-state index contributed by atoms with van der Waals surface area (Å²) in [4.78, 5) is 33.4. The van der Waals surface area contributed by atoms with Crippen LogP contribution in [-0.4, -0.2) is 71.8 Å². The number of rotatable bonds is 2. The van der Waals surface area contributed by atoms with Crippen LogP contribution in [-0.2, 0) is 9.47 Å². The van der Waals surface area contributed by atoms with Crippen LogP contribution in [0, 0.1) is 0 Å². The molecule has 0 unspecified atom stereocenters. The van der Waals surface area contributed by atoms with Gasteiger partial charge in [0.1, 0.15) is 11.4 Å². The molecule has 0 bridgehead atoms. The van der Waals surface area contributed by atoms with Crippen molar-refractivity contribution in [3.8, 4) is 0 Å². The number of piperidine rings is 2. The fourth-order valence-electron chi connectivity index (χ4n) is 3.93. The lowest BCUT2D eigenvalue weighted by molar-refractivity contribution is -0.181. The summed E-state index contributed by atoms with van der Waals surface area (Å²) < 4.78 is 11.4. The summed E-state index contributed by atoms with van der Waals surface area (Å²) >= 11 is 0. The molecule has 3 fully saturated rings. The van der Waals surface area contributed by atoms with Crippen LogP contribution in [0.1, 0.15) is 53.1 Å². The van der Waals surface area contributed by atoms with Gasteiger partial charge >= 0.3 is 0 Å². The fourth-order valence-corrected chi connectivity index (χ4v) is 3.93. The van der Waals surface area contributed by atoms with E-state index in [2.05, 4.69) is 4.98 Å². The molecule has 0 saturated carbocycles. The summed E-state index contributed by atoms with van der Waals surface area (Å²) in [5, 5.41) is 0. The molecule has 0 atom stereocenters. The van der Waals surface area contributed by atoms with Gasteiger partial charge in [0.15, 0.2) is 5.79 Å². The van der Waals surface area contributed by atoms with Gasteiger partial charge in [-0.1, -0.05) is 6.07 Å². The first-order valence-corrected chi connectivity index (χ1v) is 9.50. The van der Waals surface area contributed by atoms with Crippen molar-refractivity contribution in [2.24, 2.45) is 0 Å². The quantitative estimate of drug-likeness (QED) is 0.803. The summed E-state index contributed by atoms with van der Waals surface area (Å²) in [7, 11) is 0. The lowest BCUT2D eigenvalue weighted by atomic mass is 10.0. The summed E-state index contributed by atoms with van der Waals surface area (Å²) in [6.07, 6.45) is 4.57. The van der Waals surface area contributed by atoms with Crippen molar-refractivity contribution >= 4 is 11.8 Å². The average Bonchev–Trinajstić information content (AvgIpc) is 3.16. The largest absolute Gasteiger partial charge is 0.347 e. The second kappa shape index (κ2) is 7.32. The number of hydrogen-bond donors (Lipinski definition) is 0. The van der Waals surface area contributed by atoms with Gasteiger partial charge < -0.3 is 19.3 Å². The minimum Gasteiger partial charge on any atom is -0.347 e. The molecular formula is C19H25N3O4. The van der Waals surface area contributed by atoms with Gasteiger partial charge in [-0.2, -0.15) is 0 Å². The van der Waals surface area contributed by atoms with E-state index in [0.717, 1.165) is 25.9 Å². The molecule has 140 valence electrons. The van der Waals surface area contributed by atoms with E-state index in [1.54, 1.807) is 23.1 Å². The smallest absolute Gasteiger partial charge is 0.272 e. The van der Waals surface area contributed by atoms with Crippen LogP contribution in [0.3, 0.4) is 0 Å². The predicted octanol–water partition coefficient (Wildman–Crippen LogP) is 1.69. The Morgan fingerprint density at radius 2 is 1.38 bits per heavy atom. The Kier molecular flexibility index (Phi) is 4.91. The average molecular weight is 359 g/mol. The zero-order valence-corrected chi connectivity index (χ0v) is 15.0. The highest BCUT2D eigenvalue weighted by atomic mass is 16.7. The SMILES string of the molecule is O=C(c1cccc(C(=O)N2CCC3(CC2)OCCO3)n1)N1CCCCC1. The highest BCUT2D eigenvalue weighted by Crippen LogP contribution is 2.31. The summed E-state index contributed by atoms with van der Waals surface area (Å²) in [6.45, 7) is 3.93. The number of ether oxygens (including phenoxy) is 2. The fraction of sp³-hybridized carbons (Fsp3) is 0.632. The molecule has 4 heterocycles. The minimum atomic E-state index is -0.504. The van der Waals surface area contributed by atoms with Gasteiger partial charge in [-0.3, -0.25) is 9.59 Å². The minimum absolute atomic E-state index is 0.0790. The van der Waals surface area contributed by atoms with Gasteiger partial charge in [-0.25, -0.2) is 4.98 Å². The number of hydrogen-bond acceptors (Lipinski definition) is 5. The van der Waals surface area contributed by atoms with Crippen LogP contribution in [0.5, 0.6) is 0 Å². The molecule has 3 aliphatic rings. The number of amides is 2. The predicted molar refractivity (Wildman–Crippen MR) is 93.8 cm³/mol. The Hall–Kier alpha value is -1.99. The summed E-state index contributed by atoms with van der Waals surface area (Å²) in [6, 6.07) is 5.12. The maximum Gasteiger partial charge on any atom is 0.272 e. The molecule has 1 spiro atoms. The van der Waals surface area contributed by atoms with Crippen LogP contribution in [0.2, 0.25) is 0 Å². The molecule has 3 aliphatic heterocycles.